The minimum absolute atomic E-state index is 0.106. The SMILES string of the molecule is C#[N+]NC(=C)c1cccc(-c2noc(-c3cnn(C)c3CO/C(C)=C/C=C(\C=C)C(C)(F)F)n2)c1. The second-order valence-corrected chi connectivity index (χ2v) is 7.63. The summed E-state index contributed by atoms with van der Waals surface area (Å²) in [5.41, 5.74) is 5.63. The maximum atomic E-state index is 13.5. The molecule has 0 spiro atoms. The highest BCUT2D eigenvalue weighted by molar-refractivity contribution is 5.69. The van der Waals surface area contributed by atoms with Crippen LogP contribution in [0.5, 0.6) is 0 Å². The van der Waals surface area contributed by atoms with Crippen LogP contribution in [0.4, 0.5) is 8.78 Å². The number of allylic oxidation sites excluding steroid dienone is 5. The molecule has 2 heterocycles. The molecule has 0 aliphatic heterocycles. The summed E-state index contributed by atoms with van der Waals surface area (Å²) in [7, 11) is 1.75. The molecular formula is C25H25F2N6O2+. The Morgan fingerprint density at radius 1 is 1.37 bits per heavy atom. The molecule has 0 amide bonds. The number of hydrogen-bond acceptors (Lipinski definition) is 6. The molecule has 180 valence electrons. The molecule has 0 fully saturated rings. The van der Waals surface area contributed by atoms with E-state index in [1.165, 1.54) is 12.2 Å². The topological polar surface area (TPSA) is 82.4 Å². The van der Waals surface area contributed by atoms with Crippen molar-refractivity contribution in [3.8, 4) is 29.4 Å². The summed E-state index contributed by atoms with van der Waals surface area (Å²) in [6.45, 7) is 15.0. The van der Waals surface area contributed by atoms with Crippen molar-refractivity contribution in [2.24, 2.45) is 7.05 Å². The molecular weight excluding hydrogens is 454 g/mol. The summed E-state index contributed by atoms with van der Waals surface area (Å²) in [5, 5.41) is 8.33. The van der Waals surface area contributed by atoms with E-state index in [0.29, 0.717) is 34.1 Å². The number of benzene rings is 1. The zero-order chi connectivity index (χ0) is 25.6. The highest BCUT2D eigenvalue weighted by Crippen LogP contribution is 2.27. The summed E-state index contributed by atoms with van der Waals surface area (Å²) >= 11 is 0. The lowest BCUT2D eigenvalue weighted by Crippen LogP contribution is -2.11. The predicted octanol–water partition coefficient (Wildman–Crippen LogP) is 5.76. The number of aryl methyl sites for hydroxylation is 1. The van der Waals surface area contributed by atoms with Crippen LogP contribution in [0.3, 0.4) is 0 Å². The molecule has 0 saturated carbocycles. The average molecular weight is 480 g/mol. The van der Waals surface area contributed by atoms with E-state index in [0.717, 1.165) is 18.6 Å². The largest absolute Gasteiger partial charge is 0.492 e. The van der Waals surface area contributed by atoms with Crippen LogP contribution in [0.15, 0.2) is 77.7 Å². The van der Waals surface area contributed by atoms with Gasteiger partial charge in [0.2, 0.25) is 5.82 Å². The quantitative estimate of drug-likeness (QED) is 0.226. The molecule has 8 nitrogen and oxygen atoms in total. The molecule has 1 N–H and O–H groups in total. The molecule has 0 saturated heterocycles. The van der Waals surface area contributed by atoms with Gasteiger partial charge in [-0.1, -0.05) is 42.6 Å². The number of halogens is 2. The molecule has 10 heteroatoms. The second-order valence-electron chi connectivity index (χ2n) is 7.63. The van der Waals surface area contributed by atoms with Crippen LogP contribution in [0, 0.1) is 6.57 Å². The molecule has 35 heavy (non-hydrogen) atoms. The fourth-order valence-corrected chi connectivity index (χ4v) is 3.08. The van der Waals surface area contributed by atoms with Gasteiger partial charge in [0.15, 0.2) is 0 Å². The van der Waals surface area contributed by atoms with Crippen LogP contribution in [0.25, 0.3) is 33.5 Å². The van der Waals surface area contributed by atoms with E-state index in [1.54, 1.807) is 24.9 Å². The van der Waals surface area contributed by atoms with E-state index >= 15 is 0 Å². The van der Waals surface area contributed by atoms with Gasteiger partial charge < -0.3 is 9.26 Å². The number of aromatic nitrogens is 4. The Bertz CT molecular complexity index is 1340. The van der Waals surface area contributed by atoms with Gasteiger partial charge in [-0.25, -0.2) is 8.78 Å². The van der Waals surface area contributed by atoms with E-state index < -0.39 is 5.92 Å². The number of rotatable bonds is 10. The number of ether oxygens (including phenoxy) is 1. The molecule has 0 aliphatic carbocycles. The summed E-state index contributed by atoms with van der Waals surface area (Å²) in [5.74, 6) is -1.94. The first-order valence-electron chi connectivity index (χ1n) is 10.5. The third-order valence-electron chi connectivity index (χ3n) is 5.05. The maximum absolute atomic E-state index is 13.5. The van der Waals surface area contributed by atoms with Crippen molar-refractivity contribution in [3.63, 3.8) is 0 Å². The van der Waals surface area contributed by atoms with E-state index in [2.05, 4.69) is 38.8 Å². The van der Waals surface area contributed by atoms with Gasteiger partial charge in [0.25, 0.3) is 11.8 Å². The van der Waals surface area contributed by atoms with Crippen molar-refractivity contribution in [1.82, 2.24) is 25.3 Å². The average Bonchev–Trinajstić information content (AvgIpc) is 3.44. The van der Waals surface area contributed by atoms with Crippen molar-refractivity contribution < 1.29 is 18.0 Å². The number of nitrogens with one attached hydrogen (secondary N) is 1. The zero-order valence-electron chi connectivity index (χ0n) is 19.6. The van der Waals surface area contributed by atoms with Crippen molar-refractivity contribution >= 4 is 5.70 Å². The third kappa shape index (κ3) is 6.09. The van der Waals surface area contributed by atoms with Crippen molar-refractivity contribution in [2.45, 2.75) is 26.4 Å². The minimum Gasteiger partial charge on any atom is -0.492 e. The molecule has 2 aromatic heterocycles. The van der Waals surface area contributed by atoms with Gasteiger partial charge in [-0.05, 0) is 30.6 Å². The predicted molar refractivity (Wildman–Crippen MR) is 130 cm³/mol. The Morgan fingerprint density at radius 3 is 2.83 bits per heavy atom. The molecule has 0 atom stereocenters. The molecule has 0 bridgehead atoms. The van der Waals surface area contributed by atoms with Crippen LogP contribution in [0.2, 0.25) is 0 Å². The van der Waals surface area contributed by atoms with Gasteiger partial charge in [-0.2, -0.15) is 10.1 Å². The first-order chi connectivity index (χ1) is 16.6. The first-order valence-corrected chi connectivity index (χ1v) is 10.5. The summed E-state index contributed by atoms with van der Waals surface area (Å²) in [4.78, 5) is 7.86. The fourth-order valence-electron chi connectivity index (χ4n) is 3.08. The maximum Gasteiger partial charge on any atom is 0.305 e. The number of nitrogens with zero attached hydrogens (tertiary/aromatic N) is 5. The van der Waals surface area contributed by atoms with Crippen LogP contribution >= 0.6 is 0 Å². The lowest BCUT2D eigenvalue weighted by Gasteiger charge is -2.11. The van der Waals surface area contributed by atoms with Crippen LogP contribution in [-0.2, 0) is 18.4 Å². The molecule has 3 aromatic rings. The first kappa shape index (κ1) is 25.1. The van der Waals surface area contributed by atoms with Crippen LogP contribution < -0.4 is 5.43 Å². The van der Waals surface area contributed by atoms with Gasteiger partial charge in [-0.15, -0.1) is 0 Å². The van der Waals surface area contributed by atoms with E-state index in [4.69, 9.17) is 15.8 Å². The van der Waals surface area contributed by atoms with Crippen molar-refractivity contribution in [1.29, 1.82) is 0 Å². The highest BCUT2D eigenvalue weighted by Gasteiger charge is 2.24. The van der Waals surface area contributed by atoms with Crippen molar-refractivity contribution in [2.75, 3.05) is 0 Å². The summed E-state index contributed by atoms with van der Waals surface area (Å²) < 4.78 is 39.8. The standard InChI is InChI=1S/C25H25F2N6O2/c1-7-20(25(4,26)27)12-11-16(2)34-15-22-21(14-29-33(22)6)24-30-23(32-35-24)19-10-8-9-18(13-19)17(3)31-28-5/h5,7-14,31H,1,3,15H2,2,4,6H3/q+1/b16-11+,20-12+. The minimum atomic E-state index is -2.99. The van der Waals surface area contributed by atoms with E-state index in [9.17, 15) is 8.78 Å². The third-order valence-corrected chi connectivity index (χ3v) is 5.05. The Balaban J connectivity index is 1.80. The lowest BCUT2D eigenvalue weighted by atomic mass is 10.1. The van der Waals surface area contributed by atoms with E-state index in [-0.39, 0.29) is 18.1 Å². The lowest BCUT2D eigenvalue weighted by molar-refractivity contribution is 0.0675. The zero-order valence-corrected chi connectivity index (χ0v) is 19.6. The number of alkyl halides is 2. The molecule has 0 unspecified atom stereocenters. The smallest absolute Gasteiger partial charge is 0.305 e. The Kier molecular flexibility index (Phi) is 7.61. The molecule has 0 aliphatic rings. The van der Waals surface area contributed by atoms with Gasteiger partial charge in [0.1, 0.15) is 12.3 Å². The van der Waals surface area contributed by atoms with Gasteiger partial charge in [-0.3, -0.25) is 4.68 Å². The van der Waals surface area contributed by atoms with Gasteiger partial charge >= 0.3 is 6.57 Å². The second kappa shape index (κ2) is 10.6. The Morgan fingerprint density at radius 2 is 2.14 bits per heavy atom. The molecule has 1 aromatic carbocycles. The Hall–Kier alpha value is -4.52. The highest BCUT2D eigenvalue weighted by atomic mass is 19.3. The van der Waals surface area contributed by atoms with Crippen LogP contribution in [-0.4, -0.2) is 25.8 Å². The summed E-state index contributed by atoms with van der Waals surface area (Å²) in [6, 6.07) is 7.31. The number of hydrogen-bond donors (Lipinski definition) is 1. The molecule has 3 rings (SSSR count). The monoisotopic (exact) mass is 479 g/mol. The normalized spacial score (nSPS) is 12.2. The van der Waals surface area contributed by atoms with Gasteiger partial charge in [0, 0.05) is 30.7 Å². The summed E-state index contributed by atoms with van der Waals surface area (Å²) in [6.07, 6.45) is 5.44. The fraction of sp³-hybridized carbons (Fsp3) is 0.200. The van der Waals surface area contributed by atoms with E-state index in [1.807, 2.05) is 24.3 Å². The van der Waals surface area contributed by atoms with Gasteiger partial charge in [0.05, 0.1) is 28.2 Å². The van der Waals surface area contributed by atoms with Crippen LogP contribution in [0.1, 0.15) is 25.1 Å². The molecule has 0 radical (unpaired) electrons. The Labute approximate surface area is 201 Å². The van der Waals surface area contributed by atoms with Crippen molar-refractivity contribution in [3.05, 3.63) is 89.4 Å².